The molecule has 98 valence electrons. The van der Waals surface area contributed by atoms with Gasteiger partial charge in [-0.1, -0.05) is 33.6 Å². The van der Waals surface area contributed by atoms with Gasteiger partial charge in [0.15, 0.2) is 5.78 Å². The Bertz CT molecular complexity index is 640. The van der Waals surface area contributed by atoms with Crippen LogP contribution >= 0.6 is 27.5 Å². The predicted molar refractivity (Wildman–Crippen MR) is 78.3 cm³/mol. The number of ketones is 1. The van der Waals surface area contributed by atoms with E-state index in [0.29, 0.717) is 10.6 Å². The van der Waals surface area contributed by atoms with Crippen molar-refractivity contribution < 1.29 is 9.18 Å². The average molecular weight is 342 g/mol. The molecule has 2 aromatic carbocycles. The standard InChI is InChI=1S/C15H11BrClFO/c1-9-6-12(18)4-2-10(9)7-15(19)13-5-3-11(16)8-14(13)17/h2-6,8H,7H2,1H3. The van der Waals surface area contributed by atoms with Gasteiger partial charge in [-0.3, -0.25) is 4.79 Å². The molecule has 0 saturated carbocycles. The molecule has 2 rings (SSSR count). The summed E-state index contributed by atoms with van der Waals surface area (Å²) in [7, 11) is 0. The molecule has 0 aliphatic heterocycles. The van der Waals surface area contributed by atoms with Gasteiger partial charge in [-0.15, -0.1) is 0 Å². The minimum atomic E-state index is -0.296. The molecule has 19 heavy (non-hydrogen) atoms. The summed E-state index contributed by atoms with van der Waals surface area (Å²) in [6.45, 7) is 1.79. The van der Waals surface area contributed by atoms with E-state index in [9.17, 15) is 9.18 Å². The smallest absolute Gasteiger partial charge is 0.168 e. The second-order valence-electron chi connectivity index (χ2n) is 4.29. The Labute approximate surface area is 124 Å². The van der Waals surface area contributed by atoms with Gasteiger partial charge in [-0.2, -0.15) is 0 Å². The fourth-order valence-corrected chi connectivity index (χ4v) is 2.62. The number of aryl methyl sites for hydroxylation is 1. The molecular formula is C15H11BrClFO. The van der Waals surface area contributed by atoms with E-state index in [0.717, 1.165) is 15.6 Å². The van der Waals surface area contributed by atoms with Crippen LogP contribution in [0.15, 0.2) is 40.9 Å². The molecule has 0 amide bonds. The lowest BCUT2D eigenvalue weighted by atomic mass is 9.99. The van der Waals surface area contributed by atoms with Crippen LogP contribution in [0, 0.1) is 12.7 Å². The second kappa shape index (κ2) is 5.85. The summed E-state index contributed by atoms with van der Waals surface area (Å²) in [4.78, 5) is 12.2. The third-order valence-electron chi connectivity index (χ3n) is 2.89. The normalized spacial score (nSPS) is 10.5. The van der Waals surface area contributed by atoms with Gasteiger partial charge in [0, 0.05) is 16.5 Å². The predicted octanol–water partition coefficient (Wildman–Crippen LogP) is 4.98. The summed E-state index contributed by atoms with van der Waals surface area (Å²) >= 11 is 9.34. The molecule has 0 heterocycles. The molecule has 0 radical (unpaired) electrons. The number of rotatable bonds is 3. The van der Waals surface area contributed by atoms with Crippen molar-refractivity contribution in [3.8, 4) is 0 Å². The molecule has 1 nitrogen and oxygen atoms in total. The highest BCUT2D eigenvalue weighted by atomic mass is 79.9. The van der Waals surface area contributed by atoms with Gasteiger partial charge in [-0.05, 0) is 48.4 Å². The van der Waals surface area contributed by atoms with Crippen molar-refractivity contribution in [1.29, 1.82) is 0 Å². The van der Waals surface area contributed by atoms with E-state index in [2.05, 4.69) is 15.9 Å². The lowest BCUT2D eigenvalue weighted by molar-refractivity contribution is 0.0993. The van der Waals surface area contributed by atoms with E-state index in [1.165, 1.54) is 12.1 Å². The summed E-state index contributed by atoms with van der Waals surface area (Å²) in [5.74, 6) is -0.373. The molecule has 2 aromatic rings. The number of benzene rings is 2. The largest absolute Gasteiger partial charge is 0.294 e. The van der Waals surface area contributed by atoms with Crippen LogP contribution in [0.4, 0.5) is 4.39 Å². The molecule has 0 fully saturated rings. The molecule has 0 N–H and O–H groups in total. The van der Waals surface area contributed by atoms with Gasteiger partial charge in [0.1, 0.15) is 5.82 Å². The molecule has 0 saturated heterocycles. The van der Waals surface area contributed by atoms with Crippen LogP contribution in [-0.4, -0.2) is 5.78 Å². The molecular weight excluding hydrogens is 331 g/mol. The molecule has 0 unspecified atom stereocenters. The molecule has 0 aliphatic rings. The molecule has 0 aliphatic carbocycles. The highest BCUT2D eigenvalue weighted by Crippen LogP contribution is 2.23. The van der Waals surface area contributed by atoms with E-state index in [4.69, 9.17) is 11.6 Å². The van der Waals surface area contributed by atoms with Gasteiger partial charge < -0.3 is 0 Å². The second-order valence-corrected chi connectivity index (χ2v) is 5.62. The first-order valence-electron chi connectivity index (χ1n) is 5.70. The van der Waals surface area contributed by atoms with Crippen LogP contribution in [0.3, 0.4) is 0 Å². The molecule has 0 spiro atoms. The van der Waals surface area contributed by atoms with Crippen LogP contribution in [0.2, 0.25) is 5.02 Å². The van der Waals surface area contributed by atoms with E-state index in [-0.39, 0.29) is 18.0 Å². The summed E-state index contributed by atoms with van der Waals surface area (Å²) < 4.78 is 13.8. The van der Waals surface area contributed by atoms with E-state index < -0.39 is 0 Å². The molecule has 0 bridgehead atoms. The maximum absolute atomic E-state index is 13.0. The van der Waals surface area contributed by atoms with E-state index in [1.54, 1.807) is 31.2 Å². The molecule has 4 heteroatoms. The molecule has 0 atom stereocenters. The summed E-state index contributed by atoms with van der Waals surface area (Å²) in [6, 6.07) is 9.57. The van der Waals surface area contributed by atoms with Crippen molar-refractivity contribution >= 4 is 33.3 Å². The summed E-state index contributed by atoms with van der Waals surface area (Å²) in [5, 5.41) is 0.416. The first-order valence-corrected chi connectivity index (χ1v) is 6.88. The van der Waals surface area contributed by atoms with Crippen molar-refractivity contribution in [2.45, 2.75) is 13.3 Å². The van der Waals surface area contributed by atoms with Gasteiger partial charge in [0.05, 0.1) is 5.02 Å². The highest BCUT2D eigenvalue weighted by Gasteiger charge is 2.13. The van der Waals surface area contributed by atoms with E-state index >= 15 is 0 Å². The van der Waals surface area contributed by atoms with Crippen LogP contribution in [0.5, 0.6) is 0 Å². The summed E-state index contributed by atoms with van der Waals surface area (Å²) in [5.41, 5.74) is 2.06. The van der Waals surface area contributed by atoms with Gasteiger partial charge >= 0.3 is 0 Å². The Morgan fingerprint density at radius 1 is 1.26 bits per heavy atom. The maximum Gasteiger partial charge on any atom is 0.168 e. The Hall–Kier alpha value is -1.19. The van der Waals surface area contributed by atoms with Gasteiger partial charge in [-0.25, -0.2) is 4.39 Å². The topological polar surface area (TPSA) is 17.1 Å². The summed E-state index contributed by atoms with van der Waals surface area (Å²) in [6.07, 6.45) is 0.216. The number of Topliss-reactive ketones (excluding diaryl/α,β-unsaturated/α-hetero) is 1. The van der Waals surface area contributed by atoms with Crippen LogP contribution in [0.25, 0.3) is 0 Å². The lowest BCUT2D eigenvalue weighted by Crippen LogP contribution is -2.05. The highest BCUT2D eigenvalue weighted by molar-refractivity contribution is 9.10. The Balaban J connectivity index is 2.25. The third kappa shape index (κ3) is 3.43. The first-order chi connectivity index (χ1) is 8.97. The number of halogens is 3. The number of carbonyl (C=O) groups excluding carboxylic acids is 1. The van der Waals surface area contributed by atoms with Gasteiger partial charge in [0.25, 0.3) is 0 Å². The van der Waals surface area contributed by atoms with Crippen LogP contribution < -0.4 is 0 Å². The zero-order valence-corrected chi connectivity index (χ0v) is 12.6. The number of carbonyl (C=O) groups is 1. The molecule has 0 aromatic heterocycles. The Kier molecular flexibility index (Phi) is 4.38. The third-order valence-corrected chi connectivity index (χ3v) is 3.69. The SMILES string of the molecule is Cc1cc(F)ccc1CC(=O)c1ccc(Br)cc1Cl. The average Bonchev–Trinajstić information content (AvgIpc) is 2.32. The fraction of sp³-hybridized carbons (Fsp3) is 0.133. The van der Waals surface area contributed by atoms with Crippen molar-refractivity contribution in [2.75, 3.05) is 0 Å². The van der Waals surface area contributed by atoms with Crippen molar-refractivity contribution in [1.82, 2.24) is 0 Å². The quantitative estimate of drug-likeness (QED) is 0.720. The number of hydrogen-bond donors (Lipinski definition) is 0. The number of hydrogen-bond acceptors (Lipinski definition) is 1. The van der Waals surface area contributed by atoms with Crippen molar-refractivity contribution in [2.24, 2.45) is 0 Å². The maximum atomic E-state index is 13.0. The van der Waals surface area contributed by atoms with Crippen LogP contribution in [-0.2, 0) is 6.42 Å². The monoisotopic (exact) mass is 340 g/mol. The Morgan fingerprint density at radius 3 is 2.63 bits per heavy atom. The Morgan fingerprint density at radius 2 is 2.00 bits per heavy atom. The minimum absolute atomic E-state index is 0.0767. The van der Waals surface area contributed by atoms with Crippen molar-refractivity contribution in [3.05, 3.63) is 68.4 Å². The van der Waals surface area contributed by atoms with Gasteiger partial charge in [0.2, 0.25) is 0 Å². The van der Waals surface area contributed by atoms with Crippen molar-refractivity contribution in [3.63, 3.8) is 0 Å². The van der Waals surface area contributed by atoms with Crippen LogP contribution in [0.1, 0.15) is 21.5 Å². The fourth-order valence-electron chi connectivity index (χ4n) is 1.84. The zero-order chi connectivity index (χ0) is 14.0. The minimum Gasteiger partial charge on any atom is -0.294 e. The van der Waals surface area contributed by atoms with E-state index in [1.807, 2.05) is 0 Å². The first kappa shape index (κ1) is 14.2. The zero-order valence-electron chi connectivity index (χ0n) is 10.2. The lowest BCUT2D eigenvalue weighted by Gasteiger charge is -2.07.